The molecule has 10 atom stereocenters. The molecule has 21 rings (SSSR count). The van der Waals surface area contributed by atoms with E-state index >= 15 is 0 Å². The number of nitrogens with one attached hydrogen (secondary N) is 7. The first kappa shape index (κ1) is 110. The molecule has 0 bridgehead atoms. The summed E-state index contributed by atoms with van der Waals surface area (Å²) < 4.78 is 0. The Labute approximate surface area is 888 Å². The zero-order valence-corrected chi connectivity index (χ0v) is 91.0. The molecule has 8 aliphatic heterocycles. The van der Waals surface area contributed by atoms with Crippen molar-refractivity contribution < 1.29 is 24.0 Å². The number of imidazole rings is 1. The standard InChI is InChI=1S/C27H38N6O.C24H37N7O.C23H39N5O.C22H34N4O.C21H29N5O/c1-31(25-9-4-6-21-7-5-13-30-26(21)25)18-24-20-33(17-14-29-24)27(34)22-10-15-32(16-11-22)19-23-8-2-3-12-28-23;1-29(21-6-2-4-18-5-3-9-26-22(18)21)16-20-17-31(15-12-25-20)23(32)19-7-13-30(14-8-19)24-27-10-11-28-24;1-4-27(5-2)15-8-12-22(29)28-16-14-24-20(18-28)17-26(3)21-11-6-9-19-10-7-13-25-23(19)21;1-25(20-11-5-9-17-10-6-12-24-21(17)20)15-19-16-26(14-13-23-19)22(27)18-7-3-2-4-8-18;1-15-7-10-26(11-8-15)21(27)19(12-17-13-22-14-24-17)25-18-6-2-4-16-5-3-9-23-20(16)18/h2-3,5,7-8,12-13,22,24-25,29H,4,6,9-11,14-20H2,1H3;3,5,9,19-21,25H,2,4,6-8,10-17H2,1H3,(H,27,28);7,10,13,20-21,24H,4-6,8-9,11-12,14-18H2,1-3H3;6,10,12,18-20,23H,2-5,7-9,11,13-16H2,1H3;3,5,9,13-15,18-19,25H,2,4,6-8,10-12H2,1H3,(H,22,24). The zero-order chi connectivity index (χ0) is 103. The normalized spacial score (nSPS) is 24.3. The number of aromatic nitrogens is 8. The van der Waals surface area contributed by atoms with Crippen molar-refractivity contribution in [2.24, 2.45) is 28.7 Å². The first-order valence-corrected chi connectivity index (χ1v) is 57.9. The first-order valence-electron chi connectivity index (χ1n) is 57.9. The lowest BCUT2D eigenvalue weighted by molar-refractivity contribution is -0.139. The van der Waals surface area contributed by atoms with Crippen molar-refractivity contribution in [2.75, 3.05) is 205 Å². The molecular weight excluding hydrogens is 1860 g/mol. The van der Waals surface area contributed by atoms with Crippen LogP contribution in [0.4, 0.5) is 0 Å². The lowest BCUT2D eigenvalue weighted by Gasteiger charge is -2.41. The number of nitrogens with zero attached hydrogens (tertiary/aromatic N) is 20. The highest BCUT2D eigenvalue weighted by Gasteiger charge is 2.41. The number of rotatable bonds is 28. The summed E-state index contributed by atoms with van der Waals surface area (Å²) in [6.07, 6.45) is 46.4. The monoisotopic (exact) mass is 2040 g/mol. The van der Waals surface area contributed by atoms with Crippen LogP contribution in [0, 0.1) is 23.7 Å². The molecule has 0 aromatic carbocycles. The van der Waals surface area contributed by atoms with Crippen molar-refractivity contribution in [1.29, 1.82) is 0 Å². The summed E-state index contributed by atoms with van der Waals surface area (Å²) in [5.74, 6) is 3.97. The molecule has 6 aliphatic carbocycles. The molecule has 14 aliphatic rings. The third-order valence-corrected chi connectivity index (χ3v) is 34.7. The van der Waals surface area contributed by atoms with Gasteiger partial charge in [-0.2, -0.15) is 0 Å². The Morgan fingerprint density at radius 3 is 1.26 bits per heavy atom. The number of guanidine groups is 1. The van der Waals surface area contributed by atoms with Crippen molar-refractivity contribution >= 4 is 35.5 Å². The Morgan fingerprint density at radius 1 is 0.423 bits per heavy atom. The van der Waals surface area contributed by atoms with Crippen LogP contribution in [0.5, 0.6) is 0 Å². The molecule has 0 radical (unpaired) electrons. The van der Waals surface area contributed by atoms with Crippen LogP contribution in [0.25, 0.3) is 0 Å². The van der Waals surface area contributed by atoms with E-state index in [9.17, 15) is 24.0 Å². The summed E-state index contributed by atoms with van der Waals surface area (Å²) in [6.45, 7) is 31.9. The summed E-state index contributed by atoms with van der Waals surface area (Å²) in [7, 11) is 8.86. The molecule has 32 heteroatoms. The Balaban J connectivity index is 0.000000127. The molecule has 7 saturated heterocycles. The minimum Gasteiger partial charge on any atom is -0.354 e. The molecular formula is C117H177N27O5. The van der Waals surface area contributed by atoms with Gasteiger partial charge in [0.25, 0.3) is 0 Å². The van der Waals surface area contributed by atoms with Gasteiger partial charge in [0.15, 0.2) is 5.96 Å². The van der Waals surface area contributed by atoms with E-state index in [1.165, 1.54) is 108 Å². The van der Waals surface area contributed by atoms with E-state index in [1.807, 2.05) is 72.5 Å². The smallest absolute Gasteiger partial charge is 0.240 e. The molecule has 1 saturated carbocycles. The largest absolute Gasteiger partial charge is 0.354 e. The predicted octanol–water partition coefficient (Wildman–Crippen LogP) is 11.1. The Morgan fingerprint density at radius 2 is 0.839 bits per heavy atom. The average Bonchev–Trinajstić information content (AvgIpc) is 1.07. The number of pyridine rings is 6. The van der Waals surface area contributed by atoms with Gasteiger partial charge in [0.05, 0.1) is 83.3 Å². The summed E-state index contributed by atoms with van der Waals surface area (Å²) in [5.41, 5.74) is 15.1. The highest BCUT2D eigenvalue weighted by molar-refractivity contribution is 5.84. The maximum absolute atomic E-state index is 13.4. The molecule has 810 valence electrons. The van der Waals surface area contributed by atoms with E-state index in [0.29, 0.717) is 90.7 Å². The average molecular weight is 2040 g/mol. The van der Waals surface area contributed by atoms with Gasteiger partial charge in [-0.1, -0.05) is 76.4 Å². The maximum atomic E-state index is 13.4. The number of hydrogen-bond acceptors (Lipinski definition) is 26. The number of aromatic amines is 1. The van der Waals surface area contributed by atoms with Gasteiger partial charge in [-0.15, -0.1) is 0 Å². The van der Waals surface area contributed by atoms with Crippen LogP contribution < -0.4 is 31.9 Å². The van der Waals surface area contributed by atoms with Crippen LogP contribution in [0.2, 0.25) is 0 Å². The Bertz CT molecular complexity index is 5310. The first-order chi connectivity index (χ1) is 72.9. The number of carbonyl (C=O) groups is 5. The Hall–Kier alpha value is -9.71. The topological polar surface area (TPSA) is 315 Å². The maximum Gasteiger partial charge on any atom is 0.240 e. The van der Waals surface area contributed by atoms with Gasteiger partial charge >= 0.3 is 0 Å². The number of likely N-dealkylation sites (N-methyl/N-ethyl adjacent to an activating group) is 4. The lowest BCUT2D eigenvalue weighted by atomic mass is 9.88. The van der Waals surface area contributed by atoms with E-state index in [-0.39, 0.29) is 35.7 Å². The number of hydrogen-bond donors (Lipinski definition) is 7. The second-order valence-corrected chi connectivity index (χ2v) is 45.1. The third kappa shape index (κ3) is 30.7. The zero-order valence-electron chi connectivity index (χ0n) is 91.0. The quantitative estimate of drug-likeness (QED) is 0.0240. The Kier molecular flexibility index (Phi) is 41.7. The second kappa shape index (κ2) is 56.2. The summed E-state index contributed by atoms with van der Waals surface area (Å²) in [5, 5.41) is 21.6. The van der Waals surface area contributed by atoms with E-state index < -0.39 is 0 Å². The summed E-state index contributed by atoms with van der Waals surface area (Å²) in [6, 6.07) is 30.1. The number of likely N-dealkylation sites (tertiary alicyclic amines) is 3. The minimum atomic E-state index is -0.253. The second-order valence-electron chi connectivity index (χ2n) is 45.1. The molecule has 8 fully saturated rings. The van der Waals surface area contributed by atoms with Crippen molar-refractivity contribution in [3.05, 3.63) is 196 Å². The van der Waals surface area contributed by atoms with Crippen LogP contribution >= 0.6 is 0 Å². The number of aryl methyl sites for hydroxylation is 5. The number of amides is 5. The summed E-state index contributed by atoms with van der Waals surface area (Å²) >= 11 is 0. The summed E-state index contributed by atoms with van der Waals surface area (Å²) in [4.78, 5) is 133. The molecule has 15 heterocycles. The van der Waals surface area contributed by atoms with Gasteiger partial charge < -0.3 is 65.9 Å². The van der Waals surface area contributed by atoms with Crippen molar-refractivity contribution in [3.8, 4) is 0 Å². The number of fused-ring (bicyclic) bond motifs is 5. The van der Waals surface area contributed by atoms with Crippen LogP contribution in [-0.4, -0.2) is 369 Å². The predicted molar refractivity (Wildman–Crippen MR) is 588 cm³/mol. The number of aliphatic imine (C=N–C) groups is 1. The molecule has 7 N–H and O–H groups in total. The van der Waals surface area contributed by atoms with Crippen molar-refractivity contribution in [1.82, 2.24) is 131 Å². The van der Waals surface area contributed by atoms with Crippen LogP contribution in [0.15, 0.2) is 134 Å². The highest BCUT2D eigenvalue weighted by atomic mass is 16.2. The van der Waals surface area contributed by atoms with E-state index in [4.69, 9.17) is 15.0 Å². The van der Waals surface area contributed by atoms with Gasteiger partial charge in [-0.3, -0.25) is 88.7 Å². The molecule has 10 unspecified atom stereocenters. The minimum absolute atomic E-state index is 0.135. The van der Waals surface area contributed by atoms with Gasteiger partial charge in [0.2, 0.25) is 29.5 Å². The lowest BCUT2D eigenvalue weighted by Crippen LogP contribution is -2.58. The van der Waals surface area contributed by atoms with Gasteiger partial charge in [0, 0.05) is 248 Å². The molecule has 7 aromatic heterocycles. The molecule has 149 heavy (non-hydrogen) atoms. The molecule has 0 spiro atoms. The van der Waals surface area contributed by atoms with E-state index in [0.717, 1.165) is 322 Å². The SMILES string of the molecule is CC1CCN(C(=O)C(Cc2cnc[nH]2)NC2CCCc3cccnc32)CC1.CCN(CC)CCCC(=O)N1CCNC(CN(C)C2CCCc3cccnc32)C1.CN(CC1CN(C(=O)C2CCCCC2)CCN1)C1CCCc2cccnc21.CN(CC1CN(C(=O)C2CCN(C3=NCCN3)CC2)CCN1)C1CCCc2cccnc21.CN(CC1CN(C(=O)C2CCN(Cc3ccccn3)CC2)CCN1)C1CCCc2cccnc21. The number of H-pyrrole nitrogens is 1. The van der Waals surface area contributed by atoms with Crippen molar-refractivity contribution in [3.63, 3.8) is 0 Å². The molecule has 32 nitrogen and oxygen atoms in total. The molecule has 7 aromatic rings. The van der Waals surface area contributed by atoms with Gasteiger partial charge in [-0.05, 0) is 291 Å². The van der Waals surface area contributed by atoms with Gasteiger partial charge in [0.1, 0.15) is 0 Å². The highest BCUT2D eigenvalue weighted by Crippen LogP contribution is 2.39. The fourth-order valence-electron chi connectivity index (χ4n) is 26.1. The fraction of sp³-hybridized carbons (Fsp3) is 0.667. The number of carbonyl (C=O) groups excluding carboxylic acids is 5. The van der Waals surface area contributed by atoms with Gasteiger partial charge in [-0.25, -0.2) is 4.98 Å². The molecule has 5 amide bonds. The van der Waals surface area contributed by atoms with Crippen molar-refractivity contribution in [2.45, 2.75) is 274 Å². The van der Waals surface area contributed by atoms with Crippen LogP contribution in [0.3, 0.4) is 0 Å². The van der Waals surface area contributed by atoms with Crippen LogP contribution in [-0.2, 0) is 69.0 Å². The fourth-order valence-corrected chi connectivity index (χ4v) is 26.1. The van der Waals surface area contributed by atoms with E-state index in [2.05, 4.69) is 219 Å². The van der Waals surface area contributed by atoms with E-state index in [1.54, 1.807) is 6.33 Å². The van der Waals surface area contributed by atoms with Crippen LogP contribution in [0.1, 0.15) is 266 Å². The third-order valence-electron chi connectivity index (χ3n) is 34.7. The number of piperazine rings is 4. The number of piperidine rings is 3.